The number of aliphatic carboxylic acids is 2. The van der Waals surface area contributed by atoms with Crippen LogP contribution >= 0.6 is 0 Å². The number of pyridine rings is 1. The smallest absolute Gasteiger partial charge is 0.326 e. The molecule has 0 aliphatic carbocycles. The number of carboxylic acids is 2. The van der Waals surface area contributed by atoms with Crippen LogP contribution in [0.15, 0.2) is 149 Å². The first-order valence-corrected chi connectivity index (χ1v) is 32.5. The van der Waals surface area contributed by atoms with Gasteiger partial charge in [-0.15, -0.1) is 0 Å². The SMILES string of the molecule is CC(=N)CCCCCC(=O)Nc1ccc(C[C@H](NC(=O)C2CCCN2S(=O)(=O)c2cccc3c(N(C)C)cccc23)C(=O)O)cc1.O=C(CCCNc1ccccn1)Cc1ccc(C[C@H](NC(=O)[C@@H]2CCCCN2S(=O)(=O)c2ccccc2)C(=O)O)cc1. The molecule has 2 aliphatic rings. The fourth-order valence-corrected chi connectivity index (χ4v) is 14.3. The number of carbonyl (C=O) groups excluding carboxylic acids is 4. The van der Waals surface area contributed by atoms with Gasteiger partial charge in [-0.2, -0.15) is 8.61 Å². The predicted octanol–water partition coefficient (Wildman–Crippen LogP) is 8.24. The van der Waals surface area contributed by atoms with Gasteiger partial charge in [-0.25, -0.2) is 31.4 Å². The molecule has 2 fully saturated rings. The number of ketones is 1. The van der Waals surface area contributed by atoms with Gasteiger partial charge in [0.15, 0.2) is 0 Å². The summed E-state index contributed by atoms with van der Waals surface area (Å²) in [5, 5.41) is 39.7. The van der Waals surface area contributed by atoms with Crippen LogP contribution in [0.2, 0.25) is 0 Å². The summed E-state index contributed by atoms with van der Waals surface area (Å²) in [6.45, 7) is 2.75. The van der Waals surface area contributed by atoms with Gasteiger partial charge in [0.05, 0.1) is 9.79 Å². The average molecular weight is 1240 g/mol. The van der Waals surface area contributed by atoms with E-state index in [0.717, 1.165) is 48.1 Å². The lowest BCUT2D eigenvalue weighted by atomic mass is 10.00. The van der Waals surface area contributed by atoms with Crippen LogP contribution in [0.4, 0.5) is 17.2 Å². The zero-order valence-corrected chi connectivity index (χ0v) is 51.5. The quantitative estimate of drug-likeness (QED) is 0.0172. The van der Waals surface area contributed by atoms with E-state index in [0.29, 0.717) is 79.4 Å². The molecule has 0 spiro atoms. The second kappa shape index (κ2) is 32.0. The minimum absolute atomic E-state index is 0.0160. The van der Waals surface area contributed by atoms with E-state index in [2.05, 4.69) is 26.3 Å². The molecule has 0 bridgehead atoms. The Morgan fingerprint density at radius 2 is 1.18 bits per heavy atom. The van der Waals surface area contributed by atoms with Crippen LogP contribution < -0.4 is 26.2 Å². The van der Waals surface area contributed by atoms with Crippen molar-refractivity contribution in [1.82, 2.24) is 24.2 Å². The van der Waals surface area contributed by atoms with Crippen LogP contribution in [0.25, 0.3) is 10.8 Å². The monoisotopic (exact) mass is 1240 g/mol. The van der Waals surface area contributed by atoms with E-state index in [1.165, 1.54) is 26.8 Å². The molecule has 3 heterocycles. The Kier molecular flexibility index (Phi) is 24.4. The first-order chi connectivity index (χ1) is 42.1. The van der Waals surface area contributed by atoms with Crippen molar-refractivity contribution < 1.29 is 55.8 Å². The second-order valence-corrected chi connectivity index (χ2v) is 26.1. The summed E-state index contributed by atoms with van der Waals surface area (Å²) in [6, 6.07) is 33.4. The number of fused-ring (bicyclic) bond motifs is 1. The van der Waals surface area contributed by atoms with Gasteiger partial charge < -0.3 is 41.8 Å². The van der Waals surface area contributed by atoms with E-state index >= 15 is 0 Å². The molecule has 0 radical (unpaired) electrons. The maximum Gasteiger partial charge on any atom is 0.326 e. The number of unbranched alkanes of at least 4 members (excludes halogenated alkanes) is 2. The third kappa shape index (κ3) is 18.8. The minimum Gasteiger partial charge on any atom is -0.480 e. The van der Waals surface area contributed by atoms with Crippen molar-refractivity contribution in [2.45, 2.75) is 137 Å². The Labute approximate surface area is 514 Å². The molecule has 23 heteroatoms. The Morgan fingerprint density at radius 3 is 1.80 bits per heavy atom. The minimum atomic E-state index is -4.08. The maximum absolute atomic E-state index is 14.0. The van der Waals surface area contributed by atoms with Gasteiger partial charge in [0.1, 0.15) is 35.8 Å². The largest absolute Gasteiger partial charge is 0.480 e. The van der Waals surface area contributed by atoms with Gasteiger partial charge >= 0.3 is 11.9 Å². The number of carbonyl (C=O) groups is 6. The zero-order chi connectivity index (χ0) is 63.4. The third-order valence-corrected chi connectivity index (χ3v) is 19.3. The predicted molar refractivity (Wildman–Crippen MR) is 338 cm³/mol. The first-order valence-electron chi connectivity index (χ1n) is 29.6. The number of benzene rings is 5. The van der Waals surface area contributed by atoms with Crippen molar-refractivity contribution in [3.8, 4) is 0 Å². The van der Waals surface area contributed by atoms with Gasteiger partial charge in [0.25, 0.3) is 0 Å². The molecule has 3 amide bonds. The first kappa shape index (κ1) is 67.1. The topological polar surface area (TPSA) is 306 Å². The Morgan fingerprint density at radius 1 is 0.614 bits per heavy atom. The number of sulfonamides is 2. The van der Waals surface area contributed by atoms with E-state index in [-0.39, 0.29) is 60.3 Å². The van der Waals surface area contributed by atoms with Crippen LogP contribution in [0, 0.1) is 5.41 Å². The summed E-state index contributed by atoms with van der Waals surface area (Å²) in [6.07, 6.45) is 9.03. The molecular weight excluding hydrogens is 1160 g/mol. The maximum atomic E-state index is 14.0. The number of Topliss-reactive ketones (excluding diaryl/α,β-unsaturated/α-hetero) is 1. The van der Waals surface area contributed by atoms with Gasteiger partial charge in [-0.1, -0.05) is 97.8 Å². The number of rotatable bonds is 29. The molecular formula is C65H79N9O12S2. The molecule has 88 heavy (non-hydrogen) atoms. The molecule has 4 atom stereocenters. The van der Waals surface area contributed by atoms with Crippen molar-refractivity contribution in [3.05, 3.63) is 156 Å². The number of hydrogen-bond donors (Lipinski definition) is 7. The number of anilines is 3. The number of piperidine rings is 1. The average Bonchev–Trinajstić information content (AvgIpc) is 2.10. The highest BCUT2D eigenvalue weighted by atomic mass is 32.2. The van der Waals surface area contributed by atoms with Crippen LogP contribution in [0.3, 0.4) is 0 Å². The molecule has 2 aliphatic heterocycles. The van der Waals surface area contributed by atoms with Gasteiger partial charge in [0, 0.05) is 99.9 Å². The number of carboxylic acid groups (broad SMARTS) is 2. The van der Waals surface area contributed by atoms with Gasteiger partial charge in [0.2, 0.25) is 37.8 Å². The highest BCUT2D eigenvalue weighted by Crippen LogP contribution is 2.35. The Balaban J connectivity index is 0.000000252. The van der Waals surface area contributed by atoms with Crippen molar-refractivity contribution >= 4 is 89.2 Å². The number of nitrogens with zero attached hydrogens (tertiary/aromatic N) is 4. The molecule has 1 unspecified atom stereocenters. The summed E-state index contributed by atoms with van der Waals surface area (Å²) < 4.78 is 56.8. The van der Waals surface area contributed by atoms with Crippen molar-refractivity contribution in [2.75, 3.05) is 49.3 Å². The van der Waals surface area contributed by atoms with Crippen LogP contribution in [0.5, 0.6) is 0 Å². The van der Waals surface area contributed by atoms with E-state index < -0.39 is 68.0 Å². The lowest BCUT2D eigenvalue weighted by Crippen LogP contribution is -2.55. The fraction of sp³-hybridized carbons (Fsp3) is 0.385. The summed E-state index contributed by atoms with van der Waals surface area (Å²) in [4.78, 5) is 81.9. The van der Waals surface area contributed by atoms with E-state index in [9.17, 15) is 55.8 Å². The Hall–Kier alpha value is -8.38. The van der Waals surface area contributed by atoms with Crippen LogP contribution in [-0.4, -0.2) is 140 Å². The lowest BCUT2D eigenvalue weighted by Gasteiger charge is -2.34. The number of hydrogen-bond acceptors (Lipinski definition) is 14. The molecule has 6 aromatic rings. The summed E-state index contributed by atoms with van der Waals surface area (Å²) in [7, 11) is -4.23. The molecule has 468 valence electrons. The third-order valence-electron chi connectivity index (χ3n) is 15.4. The van der Waals surface area contributed by atoms with Gasteiger partial charge in [-0.05, 0) is 124 Å². The molecule has 1 aromatic heterocycles. The standard InChI is InChI=1S/C34H43N5O6S.C31H36N4O6S/c1-23(35)10-5-4-6-16-32(40)36-25-19-17-24(18-20-25)22-28(34(42)43)37-33(41)30-14-9-21-39(30)46(44,45)31-15-8-11-26-27(31)12-7-13-29(26)38(2)3;36-25(9-8-19-33-29-13-4-6-18-32-29)21-23-14-16-24(17-15-23)22-27(31(38)39)34-30(37)28-12-5-7-20-35(28)42(40,41)26-10-2-1-3-11-26/h7-8,11-13,15,17-20,28,30,35H,4-6,9-10,14,16,21-22H2,1-3H3,(H,36,40)(H,37,41)(H,42,43);1-4,6,10-11,13-18,27-28H,5,7-9,12,19-22H2,(H,32,33)(H,34,37)(H,38,39)/t28-,30?;27-,28-/m00/s1. The highest BCUT2D eigenvalue weighted by Gasteiger charge is 2.42. The molecule has 0 saturated carbocycles. The second-order valence-electron chi connectivity index (χ2n) is 22.3. The van der Waals surface area contributed by atoms with E-state index in [4.69, 9.17) is 5.41 Å². The number of amides is 3. The van der Waals surface area contributed by atoms with Crippen molar-refractivity contribution in [3.63, 3.8) is 0 Å². The van der Waals surface area contributed by atoms with E-state index in [1.54, 1.807) is 98.0 Å². The van der Waals surface area contributed by atoms with Crippen LogP contribution in [-0.2, 0) is 68.1 Å². The van der Waals surface area contributed by atoms with E-state index in [1.807, 2.05) is 49.3 Å². The summed E-state index contributed by atoms with van der Waals surface area (Å²) in [5.41, 5.74) is 4.22. The molecule has 21 nitrogen and oxygen atoms in total. The highest BCUT2D eigenvalue weighted by molar-refractivity contribution is 7.89. The van der Waals surface area contributed by atoms with Crippen molar-refractivity contribution in [2.24, 2.45) is 0 Å². The summed E-state index contributed by atoms with van der Waals surface area (Å²) in [5.74, 6) is -2.97. The molecule has 2 saturated heterocycles. The molecule has 5 aromatic carbocycles. The molecule has 8 rings (SSSR count). The fourth-order valence-electron chi connectivity index (χ4n) is 10.8. The molecule has 7 N–H and O–H groups in total. The number of nitrogens with one attached hydrogen (secondary N) is 5. The summed E-state index contributed by atoms with van der Waals surface area (Å²) >= 11 is 0. The van der Waals surface area contributed by atoms with Gasteiger partial charge in [-0.3, -0.25) is 19.2 Å². The normalized spacial score (nSPS) is 16.0. The van der Waals surface area contributed by atoms with Crippen LogP contribution in [0.1, 0.15) is 101 Å². The lowest BCUT2D eigenvalue weighted by molar-refractivity contribution is -0.142. The van der Waals surface area contributed by atoms with Crippen molar-refractivity contribution in [1.29, 1.82) is 5.41 Å². The Bertz CT molecular complexity index is 3610. The zero-order valence-electron chi connectivity index (χ0n) is 49.9. The number of aromatic nitrogens is 1.